The Labute approximate surface area is 359 Å². The number of nitrogens with zero attached hydrogens (tertiary/aromatic N) is 4. The van der Waals surface area contributed by atoms with Crippen molar-refractivity contribution < 1.29 is 13.9 Å². The first kappa shape index (κ1) is 43.8. The zero-order chi connectivity index (χ0) is 41.4. The van der Waals surface area contributed by atoms with Crippen LogP contribution in [0, 0.1) is 15.5 Å². The SMILES string of the molecule is CC(C)N(C)CC[C@H](CSc1ccccc1)Nc1sc(S(=O)NC(=O)c2ccc(N3CCN(CC4=C(c5ccc(Cl)cc5)CCC(C)(C)C4)CC3)cc2)cc1[N+](=O)[O-]. The Morgan fingerprint density at radius 3 is 2.38 bits per heavy atom. The third-order valence-corrected chi connectivity index (χ3v) is 15.0. The van der Waals surface area contributed by atoms with E-state index in [0.717, 1.165) is 85.5 Å². The van der Waals surface area contributed by atoms with Gasteiger partial charge in [0.05, 0.1) is 4.92 Å². The fourth-order valence-electron chi connectivity index (χ4n) is 7.42. The van der Waals surface area contributed by atoms with Gasteiger partial charge >= 0.3 is 5.69 Å². The second-order valence-electron chi connectivity index (χ2n) is 16.3. The van der Waals surface area contributed by atoms with Crippen LogP contribution in [-0.2, 0) is 11.0 Å². The van der Waals surface area contributed by atoms with Crippen LogP contribution in [0.15, 0.2) is 99.6 Å². The van der Waals surface area contributed by atoms with E-state index in [1.165, 1.54) is 29.2 Å². The second kappa shape index (κ2) is 20.0. The molecular formula is C44H55ClN6O4S3. The van der Waals surface area contributed by atoms with E-state index in [2.05, 4.69) is 71.6 Å². The molecule has 2 aliphatic rings. The van der Waals surface area contributed by atoms with Crippen LogP contribution in [0.2, 0.25) is 5.02 Å². The number of amides is 1. The molecule has 1 aliphatic carbocycles. The van der Waals surface area contributed by atoms with Gasteiger partial charge in [-0.25, -0.2) is 4.21 Å². The Balaban J connectivity index is 1.05. The number of thiophene rings is 1. The predicted molar refractivity (Wildman–Crippen MR) is 243 cm³/mol. The van der Waals surface area contributed by atoms with Crippen molar-refractivity contribution in [1.29, 1.82) is 0 Å². The molecule has 1 aromatic heterocycles. The molecule has 0 spiro atoms. The molecule has 0 saturated carbocycles. The summed E-state index contributed by atoms with van der Waals surface area (Å²) in [5, 5.41) is 16.6. The number of thioether (sulfide) groups is 1. The molecule has 0 radical (unpaired) electrons. The highest BCUT2D eigenvalue weighted by Gasteiger charge is 2.30. The van der Waals surface area contributed by atoms with Crippen molar-refractivity contribution in [2.24, 2.45) is 5.41 Å². The fourth-order valence-corrected chi connectivity index (χ4v) is 10.7. The average Bonchev–Trinajstić information content (AvgIpc) is 3.64. The smallest absolute Gasteiger partial charge is 0.304 e. The Hall–Kier alpha value is -3.72. The van der Waals surface area contributed by atoms with Crippen molar-refractivity contribution in [2.45, 2.75) is 74.6 Å². The summed E-state index contributed by atoms with van der Waals surface area (Å²) < 4.78 is 16.2. The maximum absolute atomic E-state index is 13.4. The van der Waals surface area contributed by atoms with Gasteiger partial charge in [0.1, 0.15) is 4.21 Å². The zero-order valence-electron chi connectivity index (χ0n) is 34.0. The molecule has 4 aromatic rings. The molecule has 1 fully saturated rings. The number of carbonyl (C=O) groups excluding carboxylic acids is 1. The molecule has 0 bridgehead atoms. The number of carbonyl (C=O) groups is 1. The minimum absolute atomic E-state index is 0.0872. The van der Waals surface area contributed by atoms with Crippen molar-refractivity contribution in [2.75, 3.05) is 62.3 Å². The van der Waals surface area contributed by atoms with Gasteiger partial charge in [-0.15, -0.1) is 23.1 Å². The molecule has 1 saturated heterocycles. The molecule has 1 aliphatic heterocycles. The molecule has 58 heavy (non-hydrogen) atoms. The van der Waals surface area contributed by atoms with Gasteiger partial charge in [-0.1, -0.05) is 61.4 Å². The van der Waals surface area contributed by atoms with Crippen LogP contribution in [0.1, 0.15) is 69.3 Å². The quantitative estimate of drug-likeness (QED) is 0.0609. The molecule has 2 N–H and O–H groups in total. The number of nitro groups is 1. The highest BCUT2D eigenvalue weighted by Crippen LogP contribution is 2.43. The summed E-state index contributed by atoms with van der Waals surface area (Å²) in [7, 11) is 0.0756. The number of rotatable bonds is 17. The molecule has 14 heteroatoms. The van der Waals surface area contributed by atoms with Crippen molar-refractivity contribution in [1.82, 2.24) is 14.5 Å². The van der Waals surface area contributed by atoms with Gasteiger partial charge in [0, 0.05) is 84.3 Å². The first-order valence-electron chi connectivity index (χ1n) is 19.9. The lowest BCUT2D eigenvalue weighted by Gasteiger charge is -2.39. The van der Waals surface area contributed by atoms with E-state index in [9.17, 15) is 19.1 Å². The van der Waals surface area contributed by atoms with E-state index in [1.54, 1.807) is 23.9 Å². The van der Waals surface area contributed by atoms with Crippen LogP contribution in [0.5, 0.6) is 0 Å². The van der Waals surface area contributed by atoms with Crippen molar-refractivity contribution in [3.05, 3.63) is 117 Å². The van der Waals surface area contributed by atoms with Crippen LogP contribution in [0.3, 0.4) is 0 Å². The van der Waals surface area contributed by atoms with Gasteiger partial charge < -0.3 is 15.1 Å². The maximum Gasteiger partial charge on any atom is 0.304 e. The summed E-state index contributed by atoms with van der Waals surface area (Å²) in [5.74, 6) is 0.184. The Morgan fingerprint density at radius 1 is 1.03 bits per heavy atom. The lowest BCUT2D eigenvalue weighted by Crippen LogP contribution is -2.47. The molecule has 310 valence electrons. The van der Waals surface area contributed by atoms with Crippen LogP contribution in [0.4, 0.5) is 16.4 Å². The van der Waals surface area contributed by atoms with Crippen molar-refractivity contribution in [3.8, 4) is 0 Å². The number of hydrogen-bond donors (Lipinski definition) is 2. The van der Waals surface area contributed by atoms with Gasteiger partial charge in [0.25, 0.3) is 5.91 Å². The molecule has 2 atom stereocenters. The van der Waals surface area contributed by atoms with E-state index in [4.69, 9.17) is 11.6 Å². The fraction of sp³-hybridized carbons (Fsp3) is 0.432. The number of anilines is 2. The number of allylic oxidation sites excluding steroid dienone is 1. The monoisotopic (exact) mass is 862 g/mol. The number of piperazine rings is 1. The molecule has 10 nitrogen and oxygen atoms in total. The van der Waals surface area contributed by atoms with E-state index in [1.807, 2.05) is 54.6 Å². The van der Waals surface area contributed by atoms with Gasteiger partial charge in [-0.2, -0.15) is 0 Å². The summed E-state index contributed by atoms with van der Waals surface area (Å²) >= 11 is 8.93. The largest absolute Gasteiger partial charge is 0.369 e. The van der Waals surface area contributed by atoms with Crippen LogP contribution >= 0.6 is 34.7 Å². The number of benzene rings is 3. The average molecular weight is 864 g/mol. The number of halogens is 1. The van der Waals surface area contributed by atoms with Crippen molar-refractivity contribution >= 4 is 73.5 Å². The summed E-state index contributed by atoms with van der Waals surface area (Å²) in [5.41, 5.74) is 5.79. The molecular weight excluding hydrogens is 808 g/mol. The van der Waals surface area contributed by atoms with E-state index in [0.29, 0.717) is 22.4 Å². The maximum atomic E-state index is 13.4. The molecule has 2 heterocycles. The highest BCUT2D eigenvalue weighted by molar-refractivity contribution is 7.99. The minimum Gasteiger partial charge on any atom is -0.369 e. The molecule has 6 rings (SSSR count). The Morgan fingerprint density at radius 2 is 1.72 bits per heavy atom. The third kappa shape index (κ3) is 11.9. The lowest BCUT2D eigenvalue weighted by molar-refractivity contribution is -0.383. The predicted octanol–water partition coefficient (Wildman–Crippen LogP) is 9.85. The number of hydrogen-bond acceptors (Lipinski definition) is 10. The van der Waals surface area contributed by atoms with Gasteiger partial charge in [0.2, 0.25) is 0 Å². The second-order valence-corrected chi connectivity index (χ2v) is 20.3. The summed E-state index contributed by atoms with van der Waals surface area (Å²) in [6.07, 6.45) is 4.10. The normalized spacial score (nSPS) is 17.1. The van der Waals surface area contributed by atoms with Crippen LogP contribution < -0.4 is 14.9 Å². The third-order valence-electron chi connectivity index (χ3n) is 11.1. The van der Waals surface area contributed by atoms with Gasteiger partial charge in [-0.3, -0.25) is 24.5 Å². The number of nitrogens with one attached hydrogen (secondary N) is 2. The first-order valence-corrected chi connectivity index (χ1v) is 23.3. The van der Waals surface area contributed by atoms with E-state index in [-0.39, 0.29) is 21.4 Å². The molecule has 1 unspecified atom stereocenters. The summed E-state index contributed by atoms with van der Waals surface area (Å²) in [6.45, 7) is 14.4. The molecule has 3 aromatic carbocycles. The standard InChI is InChI=1S/C44H55ClN6O4S3/c1-31(2)48(5)22-20-36(30-56-38-9-7-6-8-10-38)46-43-40(51(53)54)27-41(57-43)58(55)47-42(52)33-13-17-37(18-14-33)50-25-23-49(24-26-50)29-34-28-44(3,4)21-19-39(34)32-11-15-35(45)16-12-32/h6-18,27,31,36,46H,19-26,28-30H2,1-5H3,(H,47,52)/t36-,58?/m1/s1. The van der Waals surface area contributed by atoms with Crippen LogP contribution in [0.25, 0.3) is 5.57 Å². The van der Waals surface area contributed by atoms with Crippen LogP contribution in [-0.4, -0.2) is 89.0 Å². The topological polar surface area (TPSA) is 111 Å². The first-order chi connectivity index (χ1) is 27.7. The minimum atomic E-state index is -1.99. The Kier molecular flexibility index (Phi) is 15.1. The highest BCUT2D eigenvalue weighted by atomic mass is 35.5. The lowest BCUT2D eigenvalue weighted by atomic mass is 9.73. The molecule has 1 amide bonds. The van der Waals surface area contributed by atoms with Crippen molar-refractivity contribution in [3.63, 3.8) is 0 Å². The Bertz CT molecular complexity index is 2070. The van der Waals surface area contributed by atoms with E-state index >= 15 is 0 Å². The van der Waals surface area contributed by atoms with Gasteiger partial charge in [-0.05, 0) is 112 Å². The van der Waals surface area contributed by atoms with E-state index < -0.39 is 21.8 Å². The summed E-state index contributed by atoms with van der Waals surface area (Å²) in [6, 6.07) is 27.2. The van der Waals surface area contributed by atoms with Gasteiger partial charge in [0.15, 0.2) is 16.0 Å². The summed E-state index contributed by atoms with van der Waals surface area (Å²) in [4.78, 5) is 33.2. The zero-order valence-corrected chi connectivity index (χ0v) is 37.2.